The van der Waals surface area contributed by atoms with Crippen LogP contribution >= 0.6 is 0 Å². The van der Waals surface area contributed by atoms with Gasteiger partial charge in [-0.25, -0.2) is 4.79 Å². The number of hydrogen-bond acceptors (Lipinski definition) is 4. The third-order valence-corrected chi connectivity index (χ3v) is 3.51. The van der Waals surface area contributed by atoms with E-state index in [1.54, 1.807) is 6.20 Å². The Morgan fingerprint density at radius 2 is 2.05 bits per heavy atom. The lowest BCUT2D eigenvalue weighted by Crippen LogP contribution is -2.12. The van der Waals surface area contributed by atoms with Gasteiger partial charge in [0.2, 0.25) is 0 Å². The lowest BCUT2D eigenvalue weighted by molar-refractivity contribution is -0.141. The molecule has 4 aromatic rings. The fraction of sp³-hybridized carbons (Fsp3) is 0.0625. The Bertz CT molecular complexity index is 1040. The Morgan fingerprint density at radius 1 is 1.19 bits per heavy atom. The molecule has 0 unspecified atom stereocenters. The summed E-state index contributed by atoms with van der Waals surface area (Å²) in [6.07, 6.45) is 3.70. The second-order valence-corrected chi connectivity index (χ2v) is 4.82. The summed E-state index contributed by atoms with van der Waals surface area (Å²) in [6, 6.07) is 11.9. The Balaban J connectivity index is 2.30. The Morgan fingerprint density at radius 3 is 2.90 bits per heavy atom. The topological polar surface area (TPSA) is 56.0 Å². The summed E-state index contributed by atoms with van der Waals surface area (Å²) in [4.78, 5) is 20.4. The highest BCUT2D eigenvalue weighted by Gasteiger charge is 2.11. The molecule has 0 aliphatic carbocycles. The SMILES string of the molecule is CC(=O)ON=c1c2nccc3cccc(c32)n2cccc12. The van der Waals surface area contributed by atoms with Gasteiger partial charge in [-0.1, -0.05) is 17.3 Å². The Labute approximate surface area is 119 Å². The summed E-state index contributed by atoms with van der Waals surface area (Å²) in [5.41, 5.74) is 2.64. The average molecular weight is 277 g/mol. The van der Waals surface area contributed by atoms with Crippen molar-refractivity contribution in [2.45, 2.75) is 6.92 Å². The predicted octanol–water partition coefficient (Wildman–Crippen LogP) is 2.46. The molecule has 0 fully saturated rings. The molecule has 1 aromatic carbocycles. The van der Waals surface area contributed by atoms with Crippen molar-refractivity contribution in [3.63, 3.8) is 0 Å². The third-order valence-electron chi connectivity index (χ3n) is 3.51. The highest BCUT2D eigenvalue weighted by atomic mass is 16.7. The molecule has 0 radical (unpaired) electrons. The second kappa shape index (κ2) is 4.28. The molecule has 0 N–H and O–H groups in total. The largest absolute Gasteiger partial charge is 0.332 e. The van der Waals surface area contributed by atoms with E-state index in [9.17, 15) is 4.79 Å². The minimum atomic E-state index is -0.452. The van der Waals surface area contributed by atoms with Crippen LogP contribution in [0.1, 0.15) is 6.92 Å². The van der Waals surface area contributed by atoms with Gasteiger partial charge in [-0.15, -0.1) is 0 Å². The number of carbonyl (C=O) groups is 1. The van der Waals surface area contributed by atoms with Gasteiger partial charge in [-0.2, -0.15) is 0 Å². The van der Waals surface area contributed by atoms with Crippen LogP contribution in [0.3, 0.4) is 0 Å². The number of fused-ring (bicyclic) bond motifs is 2. The summed E-state index contributed by atoms with van der Waals surface area (Å²) in [6.45, 7) is 1.33. The van der Waals surface area contributed by atoms with Crippen LogP contribution in [-0.4, -0.2) is 15.4 Å². The molecule has 0 amide bonds. The number of aromatic nitrogens is 2. The van der Waals surface area contributed by atoms with E-state index in [0.29, 0.717) is 5.36 Å². The van der Waals surface area contributed by atoms with Gasteiger partial charge >= 0.3 is 5.97 Å². The van der Waals surface area contributed by atoms with Crippen molar-refractivity contribution >= 4 is 33.3 Å². The molecule has 3 heterocycles. The lowest BCUT2D eigenvalue weighted by atomic mass is 10.1. The van der Waals surface area contributed by atoms with Crippen LogP contribution in [-0.2, 0) is 9.63 Å². The first kappa shape index (κ1) is 11.8. The molecular formula is C16H11N3O2. The van der Waals surface area contributed by atoms with Crippen LogP contribution in [0, 0.1) is 0 Å². The van der Waals surface area contributed by atoms with Gasteiger partial charge in [0.25, 0.3) is 0 Å². The standard InChI is InChI=1S/C16H11N3O2/c1-10(20)21-18-15-13-6-3-9-19(13)12-5-2-4-11-7-8-17-16(15)14(11)12/h2-9H,1H3. The number of carbonyl (C=O) groups excluding carboxylic acids is 1. The van der Waals surface area contributed by atoms with Gasteiger partial charge in [-0.3, -0.25) is 4.98 Å². The quantitative estimate of drug-likeness (QED) is 0.396. The summed E-state index contributed by atoms with van der Waals surface area (Å²) in [5, 5.41) is 6.66. The third kappa shape index (κ3) is 1.67. The Kier molecular flexibility index (Phi) is 2.41. The van der Waals surface area contributed by atoms with Gasteiger partial charge in [-0.05, 0) is 29.7 Å². The van der Waals surface area contributed by atoms with Gasteiger partial charge in [0.1, 0.15) is 5.52 Å². The molecule has 0 aliphatic rings. The van der Waals surface area contributed by atoms with E-state index >= 15 is 0 Å². The van der Waals surface area contributed by atoms with Gasteiger partial charge < -0.3 is 9.24 Å². The van der Waals surface area contributed by atoms with Crippen molar-refractivity contribution in [2.24, 2.45) is 5.16 Å². The smallest absolute Gasteiger partial charge is 0.318 e. The summed E-state index contributed by atoms with van der Waals surface area (Å²) in [5.74, 6) is -0.452. The molecule has 0 saturated carbocycles. The van der Waals surface area contributed by atoms with E-state index < -0.39 is 5.97 Å². The monoisotopic (exact) mass is 277 g/mol. The summed E-state index contributed by atoms with van der Waals surface area (Å²) < 4.78 is 2.03. The van der Waals surface area contributed by atoms with Crippen molar-refractivity contribution in [3.05, 3.63) is 54.1 Å². The number of rotatable bonds is 1. The maximum Gasteiger partial charge on any atom is 0.332 e. The molecule has 0 atom stereocenters. The van der Waals surface area contributed by atoms with Crippen molar-refractivity contribution in [1.82, 2.24) is 9.38 Å². The van der Waals surface area contributed by atoms with Crippen LogP contribution in [0.4, 0.5) is 0 Å². The molecule has 102 valence electrons. The van der Waals surface area contributed by atoms with Gasteiger partial charge in [0, 0.05) is 24.7 Å². The van der Waals surface area contributed by atoms with E-state index in [-0.39, 0.29) is 0 Å². The molecule has 4 rings (SSSR count). The first-order chi connectivity index (χ1) is 10.3. The highest BCUT2D eigenvalue weighted by Crippen LogP contribution is 2.24. The van der Waals surface area contributed by atoms with Crippen LogP contribution in [0.2, 0.25) is 0 Å². The molecular weight excluding hydrogens is 266 g/mol. The molecule has 0 bridgehead atoms. The second-order valence-electron chi connectivity index (χ2n) is 4.82. The number of nitrogens with zero attached hydrogens (tertiary/aromatic N) is 3. The summed E-state index contributed by atoms with van der Waals surface area (Å²) >= 11 is 0. The zero-order valence-electron chi connectivity index (χ0n) is 11.3. The maximum atomic E-state index is 11.1. The predicted molar refractivity (Wildman–Crippen MR) is 78.7 cm³/mol. The highest BCUT2D eigenvalue weighted by molar-refractivity contribution is 6.08. The van der Waals surface area contributed by atoms with E-state index in [4.69, 9.17) is 4.84 Å². The van der Waals surface area contributed by atoms with Gasteiger partial charge in [0.15, 0.2) is 5.36 Å². The fourth-order valence-electron chi connectivity index (χ4n) is 2.70. The molecule has 5 heteroatoms. The van der Waals surface area contributed by atoms with Crippen molar-refractivity contribution in [3.8, 4) is 0 Å². The van der Waals surface area contributed by atoms with E-state index in [0.717, 1.165) is 27.3 Å². The molecule has 0 aliphatic heterocycles. The van der Waals surface area contributed by atoms with Gasteiger partial charge in [0.05, 0.1) is 11.0 Å². The average Bonchev–Trinajstić information content (AvgIpc) is 2.96. The maximum absolute atomic E-state index is 11.1. The lowest BCUT2D eigenvalue weighted by Gasteiger charge is -2.08. The normalized spacial score (nSPS) is 12.5. The molecule has 21 heavy (non-hydrogen) atoms. The molecule has 5 nitrogen and oxygen atoms in total. The van der Waals surface area contributed by atoms with E-state index in [2.05, 4.69) is 10.1 Å². The minimum Gasteiger partial charge on any atom is -0.318 e. The number of benzene rings is 1. The first-order valence-electron chi connectivity index (χ1n) is 6.57. The Hall–Kier alpha value is -2.95. The van der Waals surface area contributed by atoms with Crippen molar-refractivity contribution < 1.29 is 9.63 Å². The van der Waals surface area contributed by atoms with Crippen molar-refractivity contribution in [2.75, 3.05) is 0 Å². The number of hydrogen-bond donors (Lipinski definition) is 0. The van der Waals surface area contributed by atoms with Crippen LogP contribution in [0.15, 0.2) is 53.9 Å². The fourth-order valence-corrected chi connectivity index (χ4v) is 2.70. The van der Waals surface area contributed by atoms with E-state index in [1.165, 1.54) is 6.92 Å². The molecule has 3 aromatic heterocycles. The number of pyridine rings is 2. The van der Waals surface area contributed by atoms with Crippen molar-refractivity contribution in [1.29, 1.82) is 0 Å². The zero-order valence-corrected chi connectivity index (χ0v) is 11.3. The molecule has 0 saturated heterocycles. The van der Waals surface area contributed by atoms with E-state index in [1.807, 2.05) is 47.0 Å². The van der Waals surface area contributed by atoms with Crippen LogP contribution < -0.4 is 5.36 Å². The van der Waals surface area contributed by atoms with Crippen LogP contribution in [0.5, 0.6) is 0 Å². The molecule has 0 spiro atoms. The minimum absolute atomic E-state index is 0.452. The first-order valence-corrected chi connectivity index (χ1v) is 6.57. The zero-order chi connectivity index (χ0) is 14.4. The van der Waals surface area contributed by atoms with Crippen LogP contribution in [0.25, 0.3) is 27.3 Å². The summed E-state index contributed by atoms with van der Waals surface area (Å²) in [7, 11) is 0.